The van der Waals surface area contributed by atoms with Crippen molar-refractivity contribution in [3.8, 4) is 17.2 Å². The van der Waals surface area contributed by atoms with Crippen molar-refractivity contribution in [2.75, 3.05) is 6.61 Å². The third kappa shape index (κ3) is 3.57. The van der Waals surface area contributed by atoms with Crippen LogP contribution in [0.2, 0.25) is 0 Å². The van der Waals surface area contributed by atoms with E-state index >= 15 is 0 Å². The molecule has 0 fully saturated rings. The van der Waals surface area contributed by atoms with Gasteiger partial charge in [-0.15, -0.1) is 10.2 Å². The number of ether oxygens (including phenoxy) is 1. The topological polar surface area (TPSA) is 48.2 Å². The summed E-state index contributed by atoms with van der Waals surface area (Å²) in [4.78, 5) is 0. The second kappa shape index (κ2) is 6.52. The molecular weight excluding hydrogens is 264 g/mol. The second-order valence-corrected chi connectivity index (χ2v) is 4.40. The van der Waals surface area contributed by atoms with Gasteiger partial charge in [-0.3, -0.25) is 0 Å². The van der Waals surface area contributed by atoms with Crippen molar-refractivity contribution in [2.24, 2.45) is 0 Å². The molecule has 1 heterocycles. The van der Waals surface area contributed by atoms with Gasteiger partial charge in [-0.2, -0.15) is 0 Å². The summed E-state index contributed by atoms with van der Waals surface area (Å²) in [5.74, 6) is 1.25. The molecule has 2 aromatic carbocycles. The molecule has 4 heteroatoms. The van der Waals surface area contributed by atoms with E-state index < -0.39 is 0 Å². The molecule has 0 saturated heterocycles. The fourth-order valence-corrected chi connectivity index (χ4v) is 1.91. The standard InChI is InChI=1S/C17H14N2O2/c1-2-6-14(7-3-1)8-5-11-20-16-10-4-9-15(12-16)17-19-18-13-21-17/h1-10,12-13H,11H2/b8-5-. The molecule has 3 rings (SSSR count). The third-order valence-corrected chi connectivity index (χ3v) is 2.90. The number of benzene rings is 2. The van der Waals surface area contributed by atoms with Gasteiger partial charge in [-0.1, -0.05) is 42.5 Å². The van der Waals surface area contributed by atoms with Crippen LogP contribution < -0.4 is 4.74 Å². The fraction of sp³-hybridized carbons (Fsp3) is 0.0588. The van der Waals surface area contributed by atoms with Crippen molar-refractivity contribution < 1.29 is 9.15 Å². The molecular formula is C17H14N2O2. The SMILES string of the molecule is C(=C/c1ccccc1)/COc1cccc(-c2nnco2)c1. The molecule has 0 unspecified atom stereocenters. The highest BCUT2D eigenvalue weighted by atomic mass is 16.5. The van der Waals surface area contributed by atoms with Gasteiger partial charge in [0.2, 0.25) is 12.3 Å². The summed E-state index contributed by atoms with van der Waals surface area (Å²) in [6.45, 7) is 0.502. The molecule has 4 nitrogen and oxygen atoms in total. The molecule has 1 aromatic heterocycles. The van der Waals surface area contributed by atoms with Gasteiger partial charge in [0.05, 0.1) is 0 Å². The highest BCUT2D eigenvalue weighted by Gasteiger charge is 2.04. The van der Waals surface area contributed by atoms with Gasteiger partial charge >= 0.3 is 0 Å². The van der Waals surface area contributed by atoms with E-state index in [2.05, 4.69) is 10.2 Å². The predicted octanol–water partition coefficient (Wildman–Crippen LogP) is 3.83. The molecule has 0 saturated carbocycles. The molecule has 0 aliphatic rings. The van der Waals surface area contributed by atoms with E-state index in [-0.39, 0.29) is 0 Å². The molecule has 0 aliphatic carbocycles. The lowest BCUT2D eigenvalue weighted by molar-refractivity contribution is 0.363. The summed E-state index contributed by atoms with van der Waals surface area (Å²) in [7, 11) is 0. The van der Waals surface area contributed by atoms with Crippen LogP contribution in [0.4, 0.5) is 0 Å². The monoisotopic (exact) mass is 278 g/mol. The summed E-state index contributed by atoms with van der Waals surface area (Å²) in [6, 6.07) is 17.7. The number of hydrogen-bond acceptors (Lipinski definition) is 4. The van der Waals surface area contributed by atoms with Crippen LogP contribution in [0.25, 0.3) is 17.5 Å². The molecule has 0 radical (unpaired) electrons. The number of aromatic nitrogens is 2. The van der Waals surface area contributed by atoms with Gasteiger partial charge in [0, 0.05) is 5.56 Å². The summed E-state index contributed by atoms with van der Waals surface area (Å²) >= 11 is 0. The Kier molecular flexibility index (Phi) is 4.07. The Bertz CT molecular complexity index is 707. The minimum atomic E-state index is 0.486. The molecule has 0 aliphatic heterocycles. The van der Waals surface area contributed by atoms with Gasteiger partial charge in [0.1, 0.15) is 12.4 Å². The Labute approximate surface area is 122 Å². The fourth-order valence-electron chi connectivity index (χ4n) is 1.91. The lowest BCUT2D eigenvalue weighted by Gasteiger charge is -2.04. The minimum Gasteiger partial charge on any atom is -0.490 e. The first-order valence-electron chi connectivity index (χ1n) is 6.63. The average molecular weight is 278 g/mol. The van der Waals surface area contributed by atoms with Crippen molar-refractivity contribution >= 4 is 6.08 Å². The van der Waals surface area contributed by atoms with E-state index in [1.165, 1.54) is 6.39 Å². The van der Waals surface area contributed by atoms with Crippen LogP contribution in [0.3, 0.4) is 0 Å². The lowest BCUT2D eigenvalue weighted by Crippen LogP contribution is -1.93. The molecule has 0 spiro atoms. The van der Waals surface area contributed by atoms with Crippen LogP contribution >= 0.6 is 0 Å². The van der Waals surface area contributed by atoms with Crippen molar-refractivity contribution in [1.29, 1.82) is 0 Å². The van der Waals surface area contributed by atoms with Gasteiger partial charge in [0.25, 0.3) is 0 Å². The smallest absolute Gasteiger partial charge is 0.247 e. The number of hydrogen-bond donors (Lipinski definition) is 0. The molecule has 0 bridgehead atoms. The highest BCUT2D eigenvalue weighted by molar-refractivity contribution is 5.55. The summed E-state index contributed by atoms with van der Waals surface area (Å²) < 4.78 is 10.9. The summed E-state index contributed by atoms with van der Waals surface area (Å²) in [5, 5.41) is 7.55. The van der Waals surface area contributed by atoms with Gasteiger partial charge in [-0.05, 0) is 29.8 Å². The van der Waals surface area contributed by atoms with Crippen LogP contribution in [-0.4, -0.2) is 16.8 Å². The van der Waals surface area contributed by atoms with Crippen LogP contribution in [0.1, 0.15) is 5.56 Å². The Balaban J connectivity index is 1.61. The molecule has 0 amide bonds. The second-order valence-electron chi connectivity index (χ2n) is 4.40. The Morgan fingerprint density at radius 1 is 1.05 bits per heavy atom. The largest absolute Gasteiger partial charge is 0.490 e. The van der Waals surface area contributed by atoms with Crippen LogP contribution in [0.5, 0.6) is 5.75 Å². The minimum absolute atomic E-state index is 0.486. The van der Waals surface area contributed by atoms with Gasteiger partial charge < -0.3 is 9.15 Å². The van der Waals surface area contributed by atoms with E-state index in [1.807, 2.05) is 66.7 Å². The lowest BCUT2D eigenvalue weighted by atomic mass is 10.2. The van der Waals surface area contributed by atoms with Crippen molar-refractivity contribution in [1.82, 2.24) is 10.2 Å². The van der Waals surface area contributed by atoms with E-state index in [4.69, 9.17) is 9.15 Å². The summed E-state index contributed by atoms with van der Waals surface area (Å²) in [5.41, 5.74) is 2.00. The zero-order valence-electron chi connectivity index (χ0n) is 11.3. The molecule has 21 heavy (non-hydrogen) atoms. The maximum atomic E-state index is 5.69. The van der Waals surface area contributed by atoms with Crippen LogP contribution in [0.15, 0.2) is 71.5 Å². The Hall–Kier alpha value is -2.88. The van der Waals surface area contributed by atoms with Crippen LogP contribution in [0, 0.1) is 0 Å². The van der Waals surface area contributed by atoms with Gasteiger partial charge in [0.15, 0.2) is 0 Å². The van der Waals surface area contributed by atoms with E-state index in [9.17, 15) is 0 Å². The van der Waals surface area contributed by atoms with Crippen molar-refractivity contribution in [3.05, 3.63) is 72.6 Å². The first-order valence-corrected chi connectivity index (χ1v) is 6.63. The highest BCUT2D eigenvalue weighted by Crippen LogP contribution is 2.21. The molecule has 104 valence electrons. The maximum absolute atomic E-state index is 5.69. The first kappa shape index (κ1) is 13.1. The molecule has 3 aromatic rings. The molecule has 0 N–H and O–H groups in total. The predicted molar refractivity (Wildman–Crippen MR) is 80.7 cm³/mol. The van der Waals surface area contributed by atoms with Crippen molar-refractivity contribution in [2.45, 2.75) is 0 Å². The average Bonchev–Trinajstić information content (AvgIpc) is 3.07. The van der Waals surface area contributed by atoms with Crippen LogP contribution in [-0.2, 0) is 0 Å². The van der Waals surface area contributed by atoms with E-state index in [1.54, 1.807) is 0 Å². The zero-order valence-corrected chi connectivity index (χ0v) is 11.3. The van der Waals surface area contributed by atoms with E-state index in [0.717, 1.165) is 16.9 Å². The number of rotatable bonds is 5. The third-order valence-electron chi connectivity index (χ3n) is 2.90. The van der Waals surface area contributed by atoms with Gasteiger partial charge in [-0.25, -0.2) is 0 Å². The maximum Gasteiger partial charge on any atom is 0.247 e. The first-order chi connectivity index (χ1) is 10.4. The summed E-state index contributed by atoms with van der Waals surface area (Å²) in [6.07, 6.45) is 5.32. The van der Waals surface area contributed by atoms with Crippen molar-refractivity contribution in [3.63, 3.8) is 0 Å². The quantitative estimate of drug-likeness (QED) is 0.711. The zero-order chi connectivity index (χ0) is 14.3. The number of nitrogens with zero attached hydrogens (tertiary/aromatic N) is 2. The molecule has 0 atom stereocenters. The van der Waals surface area contributed by atoms with E-state index in [0.29, 0.717) is 12.5 Å². The Morgan fingerprint density at radius 3 is 2.76 bits per heavy atom. The normalized spacial score (nSPS) is 10.9. The Morgan fingerprint density at radius 2 is 1.95 bits per heavy atom.